The van der Waals surface area contributed by atoms with Crippen molar-refractivity contribution in [3.8, 4) is 0 Å². The predicted octanol–water partition coefficient (Wildman–Crippen LogP) is 0.265. The highest BCUT2D eigenvalue weighted by Gasteiger charge is 2.18. The molecule has 82 valence electrons. The van der Waals surface area contributed by atoms with Crippen molar-refractivity contribution in [2.24, 2.45) is 0 Å². The fraction of sp³-hybridized carbons (Fsp3) is 0.600. The van der Waals surface area contributed by atoms with E-state index in [0.717, 1.165) is 19.6 Å². The van der Waals surface area contributed by atoms with Gasteiger partial charge in [0.05, 0.1) is 12.2 Å². The van der Waals surface area contributed by atoms with Crippen LogP contribution in [0.25, 0.3) is 0 Å². The Morgan fingerprint density at radius 2 is 2.27 bits per heavy atom. The lowest BCUT2D eigenvalue weighted by Gasteiger charge is -2.28. The van der Waals surface area contributed by atoms with Crippen molar-refractivity contribution in [3.05, 3.63) is 18.5 Å². The standard InChI is InChI=1S/C10H16N4O/c1-8-5-11-6-9(15-8)7-14-10-12-3-2-4-13-10/h2-4,8-9,11H,5-7H2,1H3,(H,12,13,14)/t8-,9+/m1/s1. The topological polar surface area (TPSA) is 59.1 Å². The van der Waals surface area contributed by atoms with Crippen LogP contribution in [0.1, 0.15) is 6.92 Å². The third-order valence-corrected chi connectivity index (χ3v) is 2.28. The van der Waals surface area contributed by atoms with Crippen LogP contribution >= 0.6 is 0 Å². The van der Waals surface area contributed by atoms with E-state index >= 15 is 0 Å². The van der Waals surface area contributed by atoms with Crippen LogP contribution in [-0.2, 0) is 4.74 Å². The van der Waals surface area contributed by atoms with Crippen LogP contribution in [0, 0.1) is 0 Å². The smallest absolute Gasteiger partial charge is 0.222 e. The number of ether oxygens (including phenoxy) is 1. The van der Waals surface area contributed by atoms with E-state index in [0.29, 0.717) is 5.95 Å². The van der Waals surface area contributed by atoms with Crippen LogP contribution in [0.3, 0.4) is 0 Å². The van der Waals surface area contributed by atoms with Gasteiger partial charge in [-0.2, -0.15) is 0 Å². The molecular weight excluding hydrogens is 192 g/mol. The van der Waals surface area contributed by atoms with E-state index in [1.54, 1.807) is 18.5 Å². The number of hydrogen-bond acceptors (Lipinski definition) is 5. The maximum Gasteiger partial charge on any atom is 0.222 e. The lowest BCUT2D eigenvalue weighted by molar-refractivity contribution is -0.0196. The lowest BCUT2D eigenvalue weighted by Crippen LogP contribution is -2.46. The van der Waals surface area contributed by atoms with Gasteiger partial charge in [-0.1, -0.05) is 0 Å². The molecule has 0 radical (unpaired) electrons. The van der Waals surface area contributed by atoms with Crippen molar-refractivity contribution < 1.29 is 4.74 Å². The zero-order valence-electron chi connectivity index (χ0n) is 8.81. The fourth-order valence-corrected chi connectivity index (χ4v) is 1.59. The Bertz CT molecular complexity index is 293. The van der Waals surface area contributed by atoms with Crippen molar-refractivity contribution in [1.82, 2.24) is 15.3 Å². The number of nitrogens with zero attached hydrogens (tertiary/aromatic N) is 2. The Balaban J connectivity index is 1.78. The lowest BCUT2D eigenvalue weighted by atomic mass is 10.2. The van der Waals surface area contributed by atoms with E-state index in [1.165, 1.54) is 0 Å². The Morgan fingerprint density at radius 3 is 3.00 bits per heavy atom. The van der Waals surface area contributed by atoms with E-state index in [9.17, 15) is 0 Å². The van der Waals surface area contributed by atoms with Gasteiger partial charge >= 0.3 is 0 Å². The number of aromatic nitrogens is 2. The molecule has 0 amide bonds. The summed E-state index contributed by atoms with van der Waals surface area (Å²) in [5, 5.41) is 6.46. The van der Waals surface area contributed by atoms with Crippen molar-refractivity contribution in [1.29, 1.82) is 0 Å². The number of nitrogens with one attached hydrogen (secondary N) is 2. The Hall–Kier alpha value is -1.20. The van der Waals surface area contributed by atoms with Gasteiger partial charge < -0.3 is 15.4 Å². The van der Waals surface area contributed by atoms with Gasteiger partial charge in [0.15, 0.2) is 0 Å². The SMILES string of the molecule is C[C@@H]1CNC[C@@H](CNc2ncccn2)O1. The van der Waals surface area contributed by atoms with E-state index in [2.05, 4.69) is 27.5 Å². The van der Waals surface area contributed by atoms with Gasteiger partial charge in [0.25, 0.3) is 0 Å². The zero-order chi connectivity index (χ0) is 10.5. The van der Waals surface area contributed by atoms with Crippen molar-refractivity contribution in [3.63, 3.8) is 0 Å². The molecule has 1 aliphatic heterocycles. The first kappa shape index (κ1) is 10.3. The monoisotopic (exact) mass is 208 g/mol. The molecule has 2 N–H and O–H groups in total. The average molecular weight is 208 g/mol. The minimum atomic E-state index is 0.192. The molecule has 0 saturated carbocycles. The fourth-order valence-electron chi connectivity index (χ4n) is 1.59. The second-order valence-corrected chi connectivity index (χ2v) is 3.68. The second kappa shape index (κ2) is 5.04. The van der Waals surface area contributed by atoms with Crippen LogP contribution in [0.4, 0.5) is 5.95 Å². The molecule has 2 atom stereocenters. The number of rotatable bonds is 3. The average Bonchev–Trinajstić information content (AvgIpc) is 2.28. The van der Waals surface area contributed by atoms with Crippen LogP contribution in [-0.4, -0.2) is 41.8 Å². The largest absolute Gasteiger partial charge is 0.371 e. The Kier molecular flexibility index (Phi) is 3.47. The molecule has 1 aliphatic rings. The Labute approximate surface area is 89.3 Å². The number of morpholine rings is 1. The molecule has 0 aromatic carbocycles. The maximum atomic E-state index is 5.73. The first-order valence-electron chi connectivity index (χ1n) is 5.21. The molecule has 0 unspecified atom stereocenters. The summed E-state index contributed by atoms with van der Waals surface area (Å²) in [6, 6.07) is 1.80. The Morgan fingerprint density at radius 1 is 1.47 bits per heavy atom. The van der Waals surface area contributed by atoms with Gasteiger partial charge in [-0.25, -0.2) is 9.97 Å². The summed E-state index contributed by atoms with van der Waals surface area (Å²) >= 11 is 0. The van der Waals surface area contributed by atoms with Crippen molar-refractivity contribution >= 4 is 5.95 Å². The normalized spacial score (nSPS) is 26.2. The van der Waals surface area contributed by atoms with Gasteiger partial charge in [-0.05, 0) is 13.0 Å². The van der Waals surface area contributed by atoms with Gasteiger partial charge in [-0.3, -0.25) is 0 Å². The number of anilines is 1. The van der Waals surface area contributed by atoms with Crippen LogP contribution in [0.5, 0.6) is 0 Å². The second-order valence-electron chi connectivity index (χ2n) is 3.68. The molecule has 0 spiro atoms. The quantitative estimate of drug-likeness (QED) is 0.746. The predicted molar refractivity (Wildman–Crippen MR) is 57.7 cm³/mol. The number of hydrogen-bond donors (Lipinski definition) is 2. The summed E-state index contributed by atoms with van der Waals surface area (Å²) in [5.74, 6) is 0.652. The van der Waals surface area contributed by atoms with E-state index < -0.39 is 0 Å². The van der Waals surface area contributed by atoms with Crippen molar-refractivity contribution in [2.45, 2.75) is 19.1 Å². The summed E-state index contributed by atoms with van der Waals surface area (Å²) in [7, 11) is 0. The molecular formula is C10H16N4O. The molecule has 1 aromatic rings. The molecule has 0 aliphatic carbocycles. The molecule has 2 rings (SSSR count). The van der Waals surface area contributed by atoms with E-state index in [-0.39, 0.29) is 12.2 Å². The highest BCUT2D eigenvalue weighted by molar-refractivity contribution is 5.22. The molecule has 2 heterocycles. The van der Waals surface area contributed by atoms with Gasteiger partial charge in [0.1, 0.15) is 0 Å². The minimum absolute atomic E-state index is 0.192. The maximum absolute atomic E-state index is 5.73. The van der Waals surface area contributed by atoms with Crippen LogP contribution < -0.4 is 10.6 Å². The summed E-state index contributed by atoms with van der Waals surface area (Å²) in [6.07, 6.45) is 3.91. The van der Waals surface area contributed by atoms with Gasteiger partial charge in [-0.15, -0.1) is 0 Å². The first-order chi connectivity index (χ1) is 7.34. The summed E-state index contributed by atoms with van der Waals surface area (Å²) in [5.41, 5.74) is 0. The molecule has 15 heavy (non-hydrogen) atoms. The highest BCUT2D eigenvalue weighted by atomic mass is 16.5. The molecule has 5 nitrogen and oxygen atoms in total. The van der Waals surface area contributed by atoms with Gasteiger partial charge in [0.2, 0.25) is 5.95 Å². The molecule has 1 fully saturated rings. The molecule has 5 heteroatoms. The van der Waals surface area contributed by atoms with Crippen LogP contribution in [0.15, 0.2) is 18.5 Å². The summed E-state index contributed by atoms with van der Waals surface area (Å²) in [4.78, 5) is 8.17. The van der Waals surface area contributed by atoms with Crippen molar-refractivity contribution in [2.75, 3.05) is 25.0 Å². The summed E-state index contributed by atoms with van der Waals surface area (Å²) < 4.78 is 5.73. The molecule has 0 bridgehead atoms. The highest BCUT2D eigenvalue weighted by Crippen LogP contribution is 2.04. The molecule has 1 aromatic heterocycles. The van der Waals surface area contributed by atoms with Gasteiger partial charge in [0, 0.05) is 32.0 Å². The minimum Gasteiger partial charge on any atom is -0.371 e. The first-order valence-corrected chi connectivity index (χ1v) is 5.21. The third kappa shape index (κ3) is 3.14. The van der Waals surface area contributed by atoms with E-state index in [1.807, 2.05) is 0 Å². The van der Waals surface area contributed by atoms with Crippen LogP contribution in [0.2, 0.25) is 0 Å². The zero-order valence-corrected chi connectivity index (χ0v) is 8.81. The van der Waals surface area contributed by atoms with E-state index in [4.69, 9.17) is 4.74 Å². The summed E-state index contributed by atoms with van der Waals surface area (Å²) in [6.45, 7) is 4.61. The molecule has 1 saturated heterocycles. The third-order valence-electron chi connectivity index (χ3n) is 2.28.